The molecule has 5 nitrogen and oxygen atoms in total. The van der Waals surface area contributed by atoms with E-state index in [9.17, 15) is 4.79 Å². The molecule has 1 aromatic carbocycles. The maximum atomic E-state index is 11.0. The van der Waals surface area contributed by atoms with E-state index in [2.05, 4.69) is 4.90 Å². The molecule has 0 saturated carbocycles. The van der Waals surface area contributed by atoms with Crippen molar-refractivity contribution < 1.29 is 19.4 Å². The van der Waals surface area contributed by atoms with Crippen LogP contribution in [0.5, 0.6) is 11.5 Å². The number of nitrogens with zero attached hydrogens (tertiary/aromatic N) is 1. The van der Waals surface area contributed by atoms with Crippen LogP contribution in [0.4, 0.5) is 0 Å². The molecule has 1 N–H and O–H groups in total. The van der Waals surface area contributed by atoms with Crippen molar-refractivity contribution in [3.05, 3.63) is 45.6 Å². The fourth-order valence-corrected chi connectivity index (χ4v) is 3.51. The van der Waals surface area contributed by atoms with Crippen LogP contribution in [0.15, 0.2) is 30.3 Å². The van der Waals surface area contributed by atoms with Gasteiger partial charge in [0.05, 0.1) is 0 Å². The highest BCUT2D eigenvalue weighted by molar-refractivity contribution is 7.14. The third-order valence-electron chi connectivity index (χ3n) is 3.75. The number of likely N-dealkylation sites (N-methyl/N-ethyl adjacent to an activating group) is 1. The summed E-state index contributed by atoms with van der Waals surface area (Å²) >= 11 is 1.32. The van der Waals surface area contributed by atoms with Crippen LogP contribution < -0.4 is 9.47 Å². The molecule has 0 fully saturated rings. The van der Waals surface area contributed by atoms with Gasteiger partial charge in [0.2, 0.25) is 0 Å². The molecule has 2 aromatic rings. The molecule has 122 valence electrons. The molecule has 6 heteroatoms. The van der Waals surface area contributed by atoms with Gasteiger partial charge in [-0.05, 0) is 37.7 Å². The highest BCUT2D eigenvalue weighted by Gasteiger charge is 2.22. The van der Waals surface area contributed by atoms with Gasteiger partial charge in [-0.1, -0.05) is 12.1 Å². The van der Waals surface area contributed by atoms with Crippen LogP contribution in [0.3, 0.4) is 0 Å². The number of carbonyl (C=O) groups is 1. The number of hydrogen-bond acceptors (Lipinski definition) is 5. The molecule has 1 aliphatic rings. The van der Waals surface area contributed by atoms with Gasteiger partial charge < -0.3 is 14.6 Å². The normalized spacial score (nSPS) is 16.6. The lowest BCUT2D eigenvalue weighted by molar-refractivity contribution is 0.0637. The van der Waals surface area contributed by atoms with Gasteiger partial charge in [0.25, 0.3) is 0 Å². The second-order valence-electron chi connectivity index (χ2n) is 5.69. The van der Waals surface area contributed by atoms with E-state index in [-0.39, 0.29) is 6.10 Å². The number of thiophene rings is 1. The van der Waals surface area contributed by atoms with E-state index in [4.69, 9.17) is 14.6 Å². The fraction of sp³-hybridized carbons (Fsp3) is 0.353. The van der Waals surface area contributed by atoms with Crippen molar-refractivity contribution >= 4 is 17.3 Å². The maximum absolute atomic E-state index is 11.0. The van der Waals surface area contributed by atoms with Gasteiger partial charge in [0.1, 0.15) is 17.6 Å². The first-order chi connectivity index (χ1) is 11.0. The fourth-order valence-electron chi connectivity index (χ4n) is 2.64. The average molecular weight is 333 g/mol. The van der Waals surface area contributed by atoms with Crippen LogP contribution in [-0.4, -0.2) is 42.3 Å². The molecule has 1 unspecified atom stereocenters. The molecule has 0 saturated heterocycles. The largest absolute Gasteiger partial charge is 0.486 e. The Morgan fingerprint density at radius 3 is 2.83 bits per heavy atom. The molecule has 3 rings (SSSR count). The van der Waals surface area contributed by atoms with Crippen LogP contribution in [0.2, 0.25) is 0 Å². The summed E-state index contributed by atoms with van der Waals surface area (Å²) in [4.78, 5) is 14.6. The van der Waals surface area contributed by atoms with Gasteiger partial charge >= 0.3 is 5.97 Å². The van der Waals surface area contributed by atoms with Gasteiger partial charge in [0.15, 0.2) is 11.5 Å². The third kappa shape index (κ3) is 3.65. The molecule has 23 heavy (non-hydrogen) atoms. The van der Waals surface area contributed by atoms with Gasteiger partial charge in [0, 0.05) is 18.0 Å². The smallest absolute Gasteiger partial charge is 0.345 e. The second kappa shape index (κ2) is 6.60. The van der Waals surface area contributed by atoms with Gasteiger partial charge in [-0.15, -0.1) is 11.3 Å². The van der Waals surface area contributed by atoms with E-state index in [0.29, 0.717) is 24.6 Å². The minimum Gasteiger partial charge on any atom is -0.486 e. The molecule has 1 aliphatic heterocycles. The van der Waals surface area contributed by atoms with Gasteiger partial charge in [-0.25, -0.2) is 4.79 Å². The summed E-state index contributed by atoms with van der Waals surface area (Å²) in [5.41, 5.74) is 1.05. The average Bonchev–Trinajstić information content (AvgIpc) is 2.88. The lowest BCUT2D eigenvalue weighted by atomic mass is 10.2. The van der Waals surface area contributed by atoms with Crippen molar-refractivity contribution in [1.29, 1.82) is 0 Å². The molecule has 2 heterocycles. The van der Waals surface area contributed by atoms with E-state index in [1.54, 1.807) is 6.07 Å². The lowest BCUT2D eigenvalue weighted by Gasteiger charge is -2.29. The van der Waals surface area contributed by atoms with Gasteiger partial charge in [-0.3, -0.25) is 4.90 Å². The highest BCUT2D eigenvalue weighted by atomic mass is 32.1. The molecule has 0 bridgehead atoms. The standard InChI is InChI=1S/C17H19NO4S/c1-11-12(7-16(23-11)17(19)20)8-18(2)9-13-10-21-14-5-3-4-6-15(14)22-13/h3-7,13H,8-10H2,1-2H3,(H,19,20). The molecular weight excluding hydrogens is 314 g/mol. The zero-order valence-electron chi connectivity index (χ0n) is 13.1. The van der Waals surface area contributed by atoms with Crippen LogP contribution in [0.25, 0.3) is 0 Å². The Labute approximate surface area is 139 Å². The van der Waals surface area contributed by atoms with E-state index in [0.717, 1.165) is 21.9 Å². The van der Waals surface area contributed by atoms with Crippen molar-refractivity contribution in [3.63, 3.8) is 0 Å². The molecule has 1 atom stereocenters. The number of aryl methyl sites for hydroxylation is 1. The first-order valence-corrected chi connectivity index (χ1v) is 8.24. The summed E-state index contributed by atoms with van der Waals surface area (Å²) in [7, 11) is 2.00. The SMILES string of the molecule is Cc1sc(C(=O)O)cc1CN(C)CC1COc2ccccc2O1. The Bertz CT molecular complexity index is 712. The molecule has 0 spiro atoms. The Morgan fingerprint density at radius 2 is 2.13 bits per heavy atom. The van der Waals surface area contributed by atoms with E-state index < -0.39 is 5.97 Å². The number of benzene rings is 1. The summed E-state index contributed by atoms with van der Waals surface area (Å²) in [5.74, 6) is 0.691. The zero-order valence-corrected chi connectivity index (χ0v) is 13.9. The predicted octanol–water partition coefficient (Wildman–Crippen LogP) is 3.03. The Hall–Kier alpha value is -2.05. The Morgan fingerprint density at radius 1 is 1.39 bits per heavy atom. The maximum Gasteiger partial charge on any atom is 0.345 e. The third-order valence-corrected chi connectivity index (χ3v) is 4.84. The van der Waals surface area contributed by atoms with Crippen molar-refractivity contribution in [2.24, 2.45) is 0 Å². The lowest BCUT2D eigenvalue weighted by Crippen LogP contribution is -2.39. The van der Waals surface area contributed by atoms with Crippen molar-refractivity contribution in [2.45, 2.75) is 19.6 Å². The number of ether oxygens (including phenoxy) is 2. The summed E-state index contributed by atoms with van der Waals surface area (Å²) in [6, 6.07) is 9.41. The summed E-state index contributed by atoms with van der Waals surface area (Å²) in [5, 5.41) is 9.07. The highest BCUT2D eigenvalue weighted by Crippen LogP contribution is 2.31. The topological polar surface area (TPSA) is 59.0 Å². The van der Waals surface area contributed by atoms with Crippen LogP contribution in [-0.2, 0) is 6.54 Å². The van der Waals surface area contributed by atoms with Crippen molar-refractivity contribution in [3.8, 4) is 11.5 Å². The molecule has 0 aliphatic carbocycles. The molecule has 0 radical (unpaired) electrons. The Balaban J connectivity index is 1.60. The second-order valence-corrected chi connectivity index (χ2v) is 6.95. The number of aromatic carboxylic acids is 1. The van der Waals surface area contributed by atoms with E-state index in [1.807, 2.05) is 38.2 Å². The van der Waals surface area contributed by atoms with Crippen LogP contribution in [0.1, 0.15) is 20.1 Å². The summed E-state index contributed by atoms with van der Waals surface area (Å²) in [6.07, 6.45) is -0.0345. The van der Waals surface area contributed by atoms with Crippen LogP contribution >= 0.6 is 11.3 Å². The van der Waals surface area contributed by atoms with Crippen molar-refractivity contribution in [1.82, 2.24) is 4.90 Å². The quantitative estimate of drug-likeness (QED) is 0.911. The first kappa shape index (κ1) is 15.8. The van der Waals surface area contributed by atoms with Crippen LogP contribution in [0, 0.1) is 6.92 Å². The van der Waals surface area contributed by atoms with E-state index >= 15 is 0 Å². The number of para-hydroxylation sites is 2. The molecule has 1 aromatic heterocycles. The molecular formula is C17H19NO4S. The minimum absolute atomic E-state index is 0.0345. The number of fused-ring (bicyclic) bond motifs is 1. The number of rotatable bonds is 5. The Kier molecular flexibility index (Phi) is 4.54. The summed E-state index contributed by atoms with van der Waals surface area (Å²) < 4.78 is 11.7. The van der Waals surface area contributed by atoms with Gasteiger partial charge in [-0.2, -0.15) is 0 Å². The van der Waals surface area contributed by atoms with Crippen molar-refractivity contribution in [2.75, 3.05) is 20.2 Å². The minimum atomic E-state index is -0.868. The zero-order chi connectivity index (χ0) is 16.4. The summed E-state index contributed by atoms with van der Waals surface area (Å²) in [6.45, 7) is 3.88. The predicted molar refractivity (Wildman–Crippen MR) is 88.7 cm³/mol. The monoisotopic (exact) mass is 333 g/mol. The number of carboxylic acids is 1. The first-order valence-electron chi connectivity index (χ1n) is 7.42. The van der Waals surface area contributed by atoms with E-state index in [1.165, 1.54) is 11.3 Å². The number of carboxylic acid groups (broad SMARTS) is 1. The number of hydrogen-bond donors (Lipinski definition) is 1. The molecule has 0 amide bonds.